The van der Waals surface area contributed by atoms with Crippen molar-refractivity contribution in [2.75, 3.05) is 13.2 Å². The second-order valence-corrected chi connectivity index (χ2v) is 7.96. The van der Waals surface area contributed by atoms with E-state index in [0.717, 1.165) is 5.56 Å². The smallest absolute Gasteiger partial charge is 0.227 e. The normalized spacial score (nSPS) is 30.2. The summed E-state index contributed by atoms with van der Waals surface area (Å²) in [4.78, 5) is 29.3. The van der Waals surface area contributed by atoms with Crippen LogP contribution in [0.2, 0.25) is 0 Å². The van der Waals surface area contributed by atoms with Gasteiger partial charge in [0.05, 0.1) is 25.1 Å². The fraction of sp³-hybridized carbons (Fsp3) is 0.600. The number of nitrogens with zero attached hydrogens (tertiary/aromatic N) is 2. The van der Waals surface area contributed by atoms with Crippen molar-refractivity contribution in [2.24, 2.45) is 5.92 Å². The van der Waals surface area contributed by atoms with E-state index in [0.29, 0.717) is 44.8 Å². The molecule has 1 aromatic carbocycles. The van der Waals surface area contributed by atoms with Crippen LogP contribution in [0.15, 0.2) is 24.3 Å². The first-order valence-electron chi connectivity index (χ1n) is 9.46. The van der Waals surface area contributed by atoms with Gasteiger partial charge in [0.1, 0.15) is 5.75 Å². The third-order valence-electron chi connectivity index (χ3n) is 6.12. The SMILES string of the molecule is CC(C)[C@@H]1CO[C@@]23CCN(C(=O)CCc4cccc(O)c4)[C@@H]2CC(=O)N13. The minimum Gasteiger partial charge on any atom is -0.508 e. The molecule has 2 amide bonds. The van der Waals surface area contributed by atoms with Gasteiger partial charge in [-0.1, -0.05) is 26.0 Å². The first-order valence-corrected chi connectivity index (χ1v) is 9.46. The van der Waals surface area contributed by atoms with Gasteiger partial charge in [-0.15, -0.1) is 0 Å². The summed E-state index contributed by atoms with van der Waals surface area (Å²) in [7, 11) is 0. The number of ether oxygens (including phenoxy) is 1. The number of amides is 2. The number of rotatable bonds is 4. The molecule has 1 spiro atoms. The highest BCUT2D eigenvalue weighted by Crippen LogP contribution is 2.48. The monoisotopic (exact) mass is 358 g/mol. The third-order valence-corrected chi connectivity index (χ3v) is 6.12. The van der Waals surface area contributed by atoms with E-state index in [1.54, 1.807) is 18.2 Å². The number of aromatic hydroxyl groups is 1. The zero-order valence-electron chi connectivity index (χ0n) is 15.4. The van der Waals surface area contributed by atoms with Crippen molar-refractivity contribution < 1.29 is 19.4 Å². The first kappa shape index (κ1) is 17.3. The standard InChI is InChI=1S/C20H26N2O4/c1-13(2)16-12-26-20-8-9-21(17(20)11-19(25)22(16)20)18(24)7-6-14-4-3-5-15(23)10-14/h3-5,10,13,16-17,23H,6-9,11-12H2,1-2H3/t16-,17+,20-/m0/s1. The Morgan fingerprint density at radius 3 is 2.96 bits per heavy atom. The number of likely N-dealkylation sites (tertiary alicyclic amines) is 1. The van der Waals surface area contributed by atoms with E-state index < -0.39 is 5.72 Å². The van der Waals surface area contributed by atoms with Crippen LogP contribution in [0.3, 0.4) is 0 Å². The summed E-state index contributed by atoms with van der Waals surface area (Å²) in [5, 5.41) is 9.56. The van der Waals surface area contributed by atoms with Crippen molar-refractivity contribution in [1.82, 2.24) is 9.80 Å². The minimum atomic E-state index is -0.604. The summed E-state index contributed by atoms with van der Waals surface area (Å²) in [5.41, 5.74) is 0.334. The average Bonchev–Trinajstić information content (AvgIpc) is 3.22. The summed E-state index contributed by atoms with van der Waals surface area (Å²) >= 11 is 0. The highest BCUT2D eigenvalue weighted by molar-refractivity contribution is 5.85. The predicted octanol–water partition coefficient (Wildman–Crippen LogP) is 1.91. The van der Waals surface area contributed by atoms with E-state index in [2.05, 4.69) is 13.8 Å². The summed E-state index contributed by atoms with van der Waals surface area (Å²) in [6, 6.07) is 6.94. The second-order valence-electron chi connectivity index (χ2n) is 7.96. The lowest BCUT2D eigenvalue weighted by molar-refractivity contribution is -0.141. The van der Waals surface area contributed by atoms with Crippen LogP contribution in [0.25, 0.3) is 0 Å². The van der Waals surface area contributed by atoms with Crippen molar-refractivity contribution >= 4 is 11.8 Å². The Bertz CT molecular complexity index is 734. The topological polar surface area (TPSA) is 70.1 Å². The maximum absolute atomic E-state index is 12.8. The molecule has 6 heteroatoms. The molecule has 6 nitrogen and oxygen atoms in total. The van der Waals surface area contributed by atoms with Crippen molar-refractivity contribution in [2.45, 2.75) is 57.3 Å². The molecule has 3 saturated heterocycles. The zero-order valence-corrected chi connectivity index (χ0v) is 15.4. The Balaban J connectivity index is 1.47. The van der Waals surface area contributed by atoms with Crippen LogP contribution in [-0.2, 0) is 20.7 Å². The Morgan fingerprint density at radius 1 is 1.42 bits per heavy atom. The van der Waals surface area contributed by atoms with Gasteiger partial charge in [0, 0.05) is 19.4 Å². The predicted molar refractivity (Wildman–Crippen MR) is 95.3 cm³/mol. The number of phenols is 1. The summed E-state index contributed by atoms with van der Waals surface area (Å²) in [6.45, 7) is 5.42. The lowest BCUT2D eigenvalue weighted by Crippen LogP contribution is -2.51. The molecule has 0 radical (unpaired) electrons. The molecule has 3 heterocycles. The maximum atomic E-state index is 12.8. The molecule has 0 aliphatic carbocycles. The summed E-state index contributed by atoms with van der Waals surface area (Å²) < 4.78 is 6.17. The fourth-order valence-electron chi connectivity index (χ4n) is 4.78. The van der Waals surface area contributed by atoms with E-state index in [4.69, 9.17) is 4.74 Å². The van der Waals surface area contributed by atoms with Crippen LogP contribution in [0, 0.1) is 5.92 Å². The molecule has 3 aliphatic heterocycles. The Kier molecular flexibility index (Phi) is 4.18. The van der Waals surface area contributed by atoms with E-state index in [9.17, 15) is 14.7 Å². The van der Waals surface area contributed by atoms with Crippen LogP contribution >= 0.6 is 0 Å². The Morgan fingerprint density at radius 2 is 2.23 bits per heavy atom. The summed E-state index contributed by atoms with van der Waals surface area (Å²) in [5.74, 6) is 0.719. The number of aryl methyl sites for hydroxylation is 1. The molecule has 140 valence electrons. The van der Waals surface area contributed by atoms with Crippen molar-refractivity contribution in [3.05, 3.63) is 29.8 Å². The summed E-state index contributed by atoms with van der Waals surface area (Å²) in [6.07, 6.45) is 2.01. The molecule has 3 aliphatic rings. The number of phenolic OH excluding ortho intramolecular Hbond substituents is 1. The highest BCUT2D eigenvalue weighted by atomic mass is 16.5. The van der Waals surface area contributed by atoms with Crippen molar-refractivity contribution in [3.8, 4) is 5.75 Å². The molecule has 0 saturated carbocycles. The second kappa shape index (κ2) is 6.27. The van der Waals surface area contributed by atoms with Gasteiger partial charge in [-0.25, -0.2) is 0 Å². The van der Waals surface area contributed by atoms with Crippen LogP contribution in [0.5, 0.6) is 5.75 Å². The van der Waals surface area contributed by atoms with E-state index in [1.807, 2.05) is 15.9 Å². The maximum Gasteiger partial charge on any atom is 0.227 e. The third kappa shape index (κ3) is 2.58. The molecule has 0 unspecified atom stereocenters. The zero-order chi connectivity index (χ0) is 18.5. The van der Waals surface area contributed by atoms with Crippen molar-refractivity contribution in [1.29, 1.82) is 0 Å². The van der Waals surface area contributed by atoms with Gasteiger partial charge < -0.3 is 19.6 Å². The number of hydrogen-bond acceptors (Lipinski definition) is 4. The van der Waals surface area contributed by atoms with Crippen LogP contribution in [0.4, 0.5) is 0 Å². The van der Waals surface area contributed by atoms with Gasteiger partial charge in [-0.2, -0.15) is 0 Å². The molecule has 1 N–H and O–H groups in total. The quantitative estimate of drug-likeness (QED) is 0.893. The lowest BCUT2D eigenvalue weighted by atomic mass is 10.0. The minimum absolute atomic E-state index is 0.0569. The molecule has 4 rings (SSSR count). The number of benzene rings is 1. The fourth-order valence-corrected chi connectivity index (χ4v) is 4.78. The largest absolute Gasteiger partial charge is 0.508 e. The van der Waals surface area contributed by atoms with Gasteiger partial charge in [-0.3, -0.25) is 9.59 Å². The highest BCUT2D eigenvalue weighted by Gasteiger charge is 2.65. The van der Waals surface area contributed by atoms with Crippen LogP contribution in [0.1, 0.15) is 38.7 Å². The molecular formula is C20H26N2O4. The van der Waals surface area contributed by atoms with Gasteiger partial charge in [0.15, 0.2) is 5.72 Å². The average molecular weight is 358 g/mol. The molecule has 3 fully saturated rings. The van der Waals surface area contributed by atoms with E-state index in [-0.39, 0.29) is 29.6 Å². The van der Waals surface area contributed by atoms with Crippen LogP contribution < -0.4 is 0 Å². The number of carbonyl (C=O) groups excluding carboxylic acids is 2. The molecular weight excluding hydrogens is 332 g/mol. The van der Waals surface area contributed by atoms with Gasteiger partial charge in [-0.05, 0) is 30.0 Å². The van der Waals surface area contributed by atoms with Gasteiger partial charge in [0.2, 0.25) is 11.8 Å². The Hall–Kier alpha value is -2.08. The first-order chi connectivity index (χ1) is 12.4. The van der Waals surface area contributed by atoms with Crippen molar-refractivity contribution in [3.63, 3.8) is 0 Å². The molecule has 0 bridgehead atoms. The lowest BCUT2D eigenvalue weighted by Gasteiger charge is -2.34. The molecule has 26 heavy (non-hydrogen) atoms. The van der Waals surface area contributed by atoms with E-state index in [1.165, 1.54) is 0 Å². The van der Waals surface area contributed by atoms with Crippen LogP contribution in [-0.4, -0.2) is 57.7 Å². The Labute approximate surface area is 153 Å². The number of carbonyl (C=O) groups is 2. The molecule has 1 aromatic rings. The van der Waals surface area contributed by atoms with E-state index >= 15 is 0 Å². The molecule has 3 atom stereocenters. The van der Waals surface area contributed by atoms with Gasteiger partial charge in [0.25, 0.3) is 0 Å². The van der Waals surface area contributed by atoms with Gasteiger partial charge >= 0.3 is 0 Å². The number of hydrogen-bond donors (Lipinski definition) is 1. The molecule has 0 aromatic heterocycles.